The Hall–Kier alpha value is -2.43. The van der Waals surface area contributed by atoms with Crippen molar-refractivity contribution in [1.82, 2.24) is 15.3 Å². The van der Waals surface area contributed by atoms with Gasteiger partial charge in [-0.25, -0.2) is 9.97 Å². The third kappa shape index (κ3) is 4.54. The Bertz CT molecular complexity index is 675. The maximum atomic E-state index is 12.2. The Balaban J connectivity index is 2.23. The fraction of sp³-hybridized carbons (Fsp3) is 0.421. The van der Waals surface area contributed by atoms with Gasteiger partial charge in [-0.2, -0.15) is 0 Å². The number of nitrogens with one attached hydrogen (secondary N) is 2. The largest absolute Gasteiger partial charge is 0.350 e. The van der Waals surface area contributed by atoms with Crippen LogP contribution in [0.4, 0.5) is 11.5 Å². The molecule has 0 aliphatic carbocycles. The van der Waals surface area contributed by atoms with Crippen LogP contribution in [-0.2, 0) is 12.8 Å². The predicted octanol–water partition coefficient (Wildman–Crippen LogP) is 3.73. The summed E-state index contributed by atoms with van der Waals surface area (Å²) in [5, 5.41) is 6.25. The molecule has 0 aliphatic heterocycles. The summed E-state index contributed by atoms with van der Waals surface area (Å²) in [6.07, 6.45) is 3.29. The summed E-state index contributed by atoms with van der Waals surface area (Å²) in [6.45, 7) is 9.00. The van der Waals surface area contributed by atoms with Crippen molar-refractivity contribution in [3.8, 4) is 0 Å². The van der Waals surface area contributed by atoms with Gasteiger partial charge < -0.3 is 10.6 Å². The van der Waals surface area contributed by atoms with E-state index in [1.807, 2.05) is 0 Å². The second kappa shape index (κ2) is 8.43. The molecule has 2 rings (SSSR count). The first kappa shape index (κ1) is 17.9. The molecule has 0 atom stereocenters. The summed E-state index contributed by atoms with van der Waals surface area (Å²) in [4.78, 5) is 20.5. The minimum absolute atomic E-state index is 0.173. The van der Waals surface area contributed by atoms with Crippen LogP contribution in [-0.4, -0.2) is 22.4 Å². The standard InChI is InChI=1S/C19H26N4O/c1-5-14-8-7-9-15(6-2)18(14)23-17-10-16(21-12-22-17)19(24)20-11-13(3)4/h7-10,12-13H,5-6,11H2,1-4H3,(H,20,24)(H,21,22,23). The molecule has 24 heavy (non-hydrogen) atoms. The van der Waals surface area contributed by atoms with Gasteiger partial charge in [0, 0.05) is 18.3 Å². The second-order valence-corrected chi connectivity index (χ2v) is 6.18. The highest BCUT2D eigenvalue weighted by Crippen LogP contribution is 2.25. The van der Waals surface area contributed by atoms with Gasteiger partial charge in [0.1, 0.15) is 17.8 Å². The number of anilines is 2. The minimum atomic E-state index is -0.173. The van der Waals surface area contributed by atoms with E-state index in [2.05, 4.69) is 66.5 Å². The van der Waals surface area contributed by atoms with E-state index >= 15 is 0 Å². The molecule has 2 aromatic rings. The average Bonchev–Trinajstić information content (AvgIpc) is 2.60. The van der Waals surface area contributed by atoms with Gasteiger partial charge in [0.25, 0.3) is 5.91 Å². The van der Waals surface area contributed by atoms with E-state index in [1.54, 1.807) is 6.07 Å². The summed E-state index contributed by atoms with van der Waals surface area (Å²) < 4.78 is 0. The molecule has 5 heteroatoms. The molecule has 2 N–H and O–H groups in total. The molecule has 1 aromatic carbocycles. The Kier molecular flexibility index (Phi) is 6.29. The van der Waals surface area contributed by atoms with E-state index in [-0.39, 0.29) is 5.91 Å². The van der Waals surface area contributed by atoms with Crippen molar-refractivity contribution in [2.45, 2.75) is 40.5 Å². The summed E-state index contributed by atoms with van der Waals surface area (Å²) in [7, 11) is 0. The lowest BCUT2D eigenvalue weighted by Crippen LogP contribution is -2.28. The van der Waals surface area contributed by atoms with E-state index in [4.69, 9.17) is 0 Å². The van der Waals surface area contributed by atoms with Gasteiger partial charge in [0.2, 0.25) is 0 Å². The number of hydrogen-bond donors (Lipinski definition) is 2. The predicted molar refractivity (Wildman–Crippen MR) is 97.7 cm³/mol. The lowest BCUT2D eigenvalue weighted by molar-refractivity contribution is 0.0944. The molecule has 0 spiro atoms. The van der Waals surface area contributed by atoms with E-state index in [0.29, 0.717) is 24.0 Å². The molecule has 0 unspecified atom stereocenters. The third-order valence-electron chi connectivity index (χ3n) is 3.82. The van der Waals surface area contributed by atoms with E-state index in [0.717, 1.165) is 18.5 Å². The Morgan fingerprint density at radius 3 is 2.38 bits per heavy atom. The maximum absolute atomic E-state index is 12.2. The van der Waals surface area contributed by atoms with Crippen molar-refractivity contribution in [3.05, 3.63) is 47.4 Å². The number of rotatable bonds is 7. The summed E-state index contributed by atoms with van der Waals surface area (Å²) >= 11 is 0. The molecule has 5 nitrogen and oxygen atoms in total. The highest BCUT2D eigenvalue weighted by Gasteiger charge is 2.11. The van der Waals surface area contributed by atoms with Gasteiger partial charge in [-0.15, -0.1) is 0 Å². The molecule has 0 aliphatic rings. The van der Waals surface area contributed by atoms with Crippen LogP contribution in [0.25, 0.3) is 0 Å². The number of benzene rings is 1. The van der Waals surface area contributed by atoms with Crippen molar-refractivity contribution >= 4 is 17.4 Å². The smallest absolute Gasteiger partial charge is 0.270 e. The fourth-order valence-corrected chi connectivity index (χ4v) is 2.47. The van der Waals surface area contributed by atoms with E-state index < -0.39 is 0 Å². The zero-order valence-corrected chi connectivity index (χ0v) is 14.9. The molecule has 0 saturated carbocycles. The zero-order valence-electron chi connectivity index (χ0n) is 14.9. The molecule has 1 heterocycles. The molecule has 1 amide bonds. The van der Waals surface area contributed by atoms with Crippen LogP contribution >= 0.6 is 0 Å². The molecule has 128 valence electrons. The normalized spacial score (nSPS) is 10.7. The van der Waals surface area contributed by atoms with Gasteiger partial charge in [0.05, 0.1) is 0 Å². The second-order valence-electron chi connectivity index (χ2n) is 6.18. The summed E-state index contributed by atoms with van der Waals surface area (Å²) in [5.74, 6) is 0.862. The zero-order chi connectivity index (χ0) is 17.5. The van der Waals surface area contributed by atoms with Crippen LogP contribution in [0.2, 0.25) is 0 Å². The van der Waals surface area contributed by atoms with Crippen LogP contribution in [0.1, 0.15) is 49.3 Å². The lowest BCUT2D eigenvalue weighted by atomic mass is 10.0. The number of aromatic nitrogens is 2. The molecule has 1 aromatic heterocycles. The third-order valence-corrected chi connectivity index (χ3v) is 3.82. The number of carbonyl (C=O) groups is 1. The Morgan fingerprint density at radius 1 is 1.12 bits per heavy atom. The summed E-state index contributed by atoms with van der Waals surface area (Å²) in [6, 6.07) is 7.99. The Morgan fingerprint density at radius 2 is 1.79 bits per heavy atom. The van der Waals surface area contributed by atoms with Gasteiger partial charge >= 0.3 is 0 Å². The first-order chi connectivity index (χ1) is 11.5. The first-order valence-corrected chi connectivity index (χ1v) is 8.53. The fourth-order valence-electron chi connectivity index (χ4n) is 2.47. The Labute approximate surface area is 143 Å². The first-order valence-electron chi connectivity index (χ1n) is 8.53. The minimum Gasteiger partial charge on any atom is -0.350 e. The van der Waals surface area contributed by atoms with Crippen molar-refractivity contribution in [2.75, 3.05) is 11.9 Å². The van der Waals surface area contributed by atoms with E-state index in [9.17, 15) is 4.79 Å². The van der Waals surface area contributed by atoms with Gasteiger partial charge in [-0.3, -0.25) is 4.79 Å². The van der Waals surface area contributed by atoms with Crippen molar-refractivity contribution in [3.63, 3.8) is 0 Å². The molecule has 0 radical (unpaired) electrons. The van der Waals surface area contributed by atoms with Crippen LogP contribution in [0, 0.1) is 5.92 Å². The highest BCUT2D eigenvalue weighted by atomic mass is 16.1. The molecular weight excluding hydrogens is 300 g/mol. The van der Waals surface area contributed by atoms with Gasteiger partial charge in [-0.05, 0) is 29.9 Å². The highest BCUT2D eigenvalue weighted by molar-refractivity contribution is 5.93. The molecule has 0 saturated heterocycles. The average molecular weight is 326 g/mol. The van der Waals surface area contributed by atoms with Crippen LogP contribution in [0.3, 0.4) is 0 Å². The van der Waals surface area contributed by atoms with Crippen molar-refractivity contribution in [2.24, 2.45) is 5.92 Å². The van der Waals surface area contributed by atoms with Crippen LogP contribution in [0.5, 0.6) is 0 Å². The number of carbonyl (C=O) groups excluding carboxylic acids is 1. The van der Waals surface area contributed by atoms with Crippen LogP contribution < -0.4 is 10.6 Å². The lowest BCUT2D eigenvalue weighted by Gasteiger charge is -2.15. The number of para-hydroxylation sites is 1. The molecular formula is C19H26N4O. The maximum Gasteiger partial charge on any atom is 0.270 e. The van der Waals surface area contributed by atoms with Crippen molar-refractivity contribution in [1.29, 1.82) is 0 Å². The monoisotopic (exact) mass is 326 g/mol. The van der Waals surface area contributed by atoms with Gasteiger partial charge in [-0.1, -0.05) is 45.9 Å². The number of amides is 1. The van der Waals surface area contributed by atoms with Crippen LogP contribution in [0.15, 0.2) is 30.6 Å². The van der Waals surface area contributed by atoms with Crippen molar-refractivity contribution < 1.29 is 4.79 Å². The number of hydrogen-bond acceptors (Lipinski definition) is 4. The number of aryl methyl sites for hydroxylation is 2. The SMILES string of the molecule is CCc1cccc(CC)c1Nc1cc(C(=O)NCC(C)C)ncn1. The topological polar surface area (TPSA) is 66.9 Å². The summed E-state index contributed by atoms with van der Waals surface area (Å²) in [5.41, 5.74) is 3.92. The molecule has 0 fully saturated rings. The number of nitrogens with zero attached hydrogens (tertiary/aromatic N) is 2. The quantitative estimate of drug-likeness (QED) is 0.813. The van der Waals surface area contributed by atoms with E-state index in [1.165, 1.54) is 17.5 Å². The molecule has 0 bridgehead atoms. The van der Waals surface area contributed by atoms with Gasteiger partial charge in [0.15, 0.2) is 0 Å².